The van der Waals surface area contributed by atoms with Gasteiger partial charge in [-0.05, 0) is 36.8 Å². The summed E-state index contributed by atoms with van der Waals surface area (Å²) in [5, 5.41) is 15.0. The molecule has 3 aromatic rings. The topological polar surface area (TPSA) is 79.6 Å². The predicted molar refractivity (Wildman–Crippen MR) is 120 cm³/mol. The van der Waals surface area contributed by atoms with Crippen molar-refractivity contribution in [2.75, 3.05) is 45.9 Å². The van der Waals surface area contributed by atoms with Gasteiger partial charge < -0.3 is 24.4 Å². The maximum Gasteiger partial charge on any atom is 0.161 e. The van der Waals surface area contributed by atoms with Gasteiger partial charge in [0.25, 0.3) is 0 Å². The highest BCUT2D eigenvalue weighted by Gasteiger charge is 2.25. The molecule has 1 atom stereocenters. The number of nitrogens with one attached hydrogen (secondary N) is 1. The molecule has 1 aromatic heterocycles. The largest absolute Gasteiger partial charge is 0.497 e. The quantitative estimate of drug-likeness (QED) is 0.678. The summed E-state index contributed by atoms with van der Waals surface area (Å²) in [6.45, 7) is 4.27. The van der Waals surface area contributed by atoms with Crippen molar-refractivity contribution in [3.05, 3.63) is 53.2 Å². The van der Waals surface area contributed by atoms with Crippen molar-refractivity contribution in [2.45, 2.75) is 13.0 Å². The van der Waals surface area contributed by atoms with Crippen LogP contribution in [-0.4, -0.2) is 45.9 Å². The van der Waals surface area contributed by atoms with E-state index in [0.717, 1.165) is 42.0 Å². The molecule has 1 N–H and O–H groups in total. The number of pyridine rings is 1. The average molecular weight is 418 g/mol. The van der Waals surface area contributed by atoms with E-state index in [1.807, 2.05) is 31.2 Å². The molecule has 1 aliphatic rings. The lowest BCUT2D eigenvalue weighted by molar-refractivity contribution is 0.356. The van der Waals surface area contributed by atoms with E-state index in [-0.39, 0.29) is 6.04 Å². The van der Waals surface area contributed by atoms with Gasteiger partial charge in [-0.3, -0.25) is 0 Å². The van der Waals surface area contributed by atoms with Crippen LogP contribution in [0.4, 0.5) is 5.82 Å². The van der Waals surface area contributed by atoms with Crippen LogP contribution in [0.2, 0.25) is 0 Å². The Kier molecular flexibility index (Phi) is 5.83. The summed E-state index contributed by atoms with van der Waals surface area (Å²) in [6.07, 6.45) is 0. The summed E-state index contributed by atoms with van der Waals surface area (Å²) in [5.74, 6) is 2.91. The Hall–Kier alpha value is -3.50. The molecular weight excluding hydrogens is 392 g/mol. The molecule has 7 nitrogen and oxygen atoms in total. The van der Waals surface area contributed by atoms with Crippen molar-refractivity contribution >= 4 is 16.6 Å². The molecule has 1 saturated heterocycles. The number of nitriles is 1. The second kappa shape index (κ2) is 8.70. The van der Waals surface area contributed by atoms with E-state index in [9.17, 15) is 5.26 Å². The first-order valence-corrected chi connectivity index (χ1v) is 10.2. The normalized spacial score (nSPS) is 16.1. The molecule has 31 heavy (non-hydrogen) atoms. The fourth-order valence-electron chi connectivity index (χ4n) is 4.12. The van der Waals surface area contributed by atoms with Crippen LogP contribution in [0.5, 0.6) is 17.2 Å². The van der Waals surface area contributed by atoms with E-state index >= 15 is 0 Å². The van der Waals surface area contributed by atoms with Gasteiger partial charge in [-0.25, -0.2) is 4.98 Å². The molecule has 0 radical (unpaired) electrons. The van der Waals surface area contributed by atoms with Crippen LogP contribution in [0.25, 0.3) is 10.8 Å². The fourth-order valence-corrected chi connectivity index (χ4v) is 4.12. The van der Waals surface area contributed by atoms with Crippen molar-refractivity contribution < 1.29 is 14.2 Å². The maximum atomic E-state index is 9.75. The first kappa shape index (κ1) is 20.8. The van der Waals surface area contributed by atoms with Crippen molar-refractivity contribution in [3.63, 3.8) is 0 Å². The van der Waals surface area contributed by atoms with Gasteiger partial charge in [0, 0.05) is 36.4 Å². The monoisotopic (exact) mass is 418 g/mol. The Balaban J connectivity index is 1.78. The van der Waals surface area contributed by atoms with Gasteiger partial charge in [-0.1, -0.05) is 12.1 Å². The van der Waals surface area contributed by atoms with Crippen LogP contribution in [0.1, 0.15) is 22.9 Å². The summed E-state index contributed by atoms with van der Waals surface area (Å²) in [4.78, 5) is 7.11. The lowest BCUT2D eigenvalue weighted by Crippen LogP contribution is -2.46. The minimum Gasteiger partial charge on any atom is -0.497 e. The zero-order valence-corrected chi connectivity index (χ0v) is 18.2. The van der Waals surface area contributed by atoms with Crippen molar-refractivity contribution in [2.24, 2.45) is 0 Å². The first-order valence-electron chi connectivity index (χ1n) is 10.2. The molecular formula is C24H26N4O3. The third-order valence-corrected chi connectivity index (χ3v) is 5.77. The summed E-state index contributed by atoms with van der Waals surface area (Å²) in [5.41, 5.74) is 2.46. The van der Waals surface area contributed by atoms with Gasteiger partial charge >= 0.3 is 0 Å². The van der Waals surface area contributed by atoms with Crippen LogP contribution in [0, 0.1) is 18.3 Å². The molecule has 1 fully saturated rings. The number of piperazine rings is 1. The number of nitrogens with zero attached hydrogens (tertiary/aromatic N) is 3. The maximum absolute atomic E-state index is 9.75. The number of hydrogen-bond donors (Lipinski definition) is 1. The van der Waals surface area contributed by atoms with Gasteiger partial charge in [0.15, 0.2) is 11.5 Å². The molecule has 0 amide bonds. The molecule has 4 rings (SSSR count). The molecule has 1 unspecified atom stereocenters. The van der Waals surface area contributed by atoms with Crippen LogP contribution in [0.3, 0.4) is 0 Å². The number of ether oxygens (including phenoxy) is 3. The molecule has 1 aliphatic heterocycles. The molecule has 0 bridgehead atoms. The van der Waals surface area contributed by atoms with E-state index in [1.54, 1.807) is 21.3 Å². The Morgan fingerprint density at radius 3 is 2.32 bits per heavy atom. The van der Waals surface area contributed by atoms with Crippen molar-refractivity contribution in [1.29, 1.82) is 5.26 Å². The number of hydrogen-bond acceptors (Lipinski definition) is 7. The van der Waals surface area contributed by atoms with E-state index in [2.05, 4.69) is 28.4 Å². The van der Waals surface area contributed by atoms with Crippen LogP contribution in [0.15, 0.2) is 36.4 Å². The lowest BCUT2D eigenvalue weighted by Gasteiger charge is -2.35. The third kappa shape index (κ3) is 3.82. The summed E-state index contributed by atoms with van der Waals surface area (Å²) in [7, 11) is 4.88. The lowest BCUT2D eigenvalue weighted by atomic mass is 10.0. The van der Waals surface area contributed by atoms with Gasteiger partial charge in [0.05, 0.1) is 32.6 Å². The molecule has 2 aromatic carbocycles. The molecule has 2 heterocycles. The van der Waals surface area contributed by atoms with E-state index in [4.69, 9.17) is 19.2 Å². The molecule has 0 spiro atoms. The number of aryl methyl sites for hydroxylation is 1. The van der Waals surface area contributed by atoms with Gasteiger partial charge in [-0.2, -0.15) is 5.26 Å². The highest BCUT2D eigenvalue weighted by molar-refractivity contribution is 5.98. The number of aromatic nitrogens is 1. The highest BCUT2D eigenvalue weighted by atomic mass is 16.5. The zero-order chi connectivity index (χ0) is 22.0. The second-order valence-electron chi connectivity index (χ2n) is 7.49. The number of benzene rings is 2. The minimum atomic E-state index is 0.160. The first-order chi connectivity index (χ1) is 15.1. The predicted octanol–water partition coefficient (Wildman–Crippen LogP) is 3.59. The van der Waals surface area contributed by atoms with Crippen LogP contribution < -0.4 is 24.4 Å². The fraction of sp³-hybridized carbons (Fsp3) is 0.333. The smallest absolute Gasteiger partial charge is 0.161 e. The molecule has 160 valence electrons. The Bertz CT molecular complexity index is 1140. The average Bonchev–Trinajstić information content (AvgIpc) is 2.82. The van der Waals surface area contributed by atoms with E-state index in [1.165, 1.54) is 5.56 Å². The van der Waals surface area contributed by atoms with Crippen LogP contribution >= 0.6 is 0 Å². The SMILES string of the molecule is COc1ccc(C2CN(c3nc(C)c(C#N)c4cc(OC)c(OC)cc34)CCN2)cc1. The highest BCUT2D eigenvalue weighted by Crippen LogP contribution is 2.38. The second-order valence-corrected chi connectivity index (χ2v) is 7.49. The molecule has 0 saturated carbocycles. The minimum absolute atomic E-state index is 0.160. The third-order valence-electron chi connectivity index (χ3n) is 5.77. The number of rotatable bonds is 5. The van der Waals surface area contributed by atoms with Gasteiger partial charge in [0.1, 0.15) is 17.6 Å². The van der Waals surface area contributed by atoms with Crippen molar-refractivity contribution in [3.8, 4) is 23.3 Å². The zero-order valence-electron chi connectivity index (χ0n) is 18.2. The number of methoxy groups -OCH3 is 3. The molecule has 7 heteroatoms. The van der Waals surface area contributed by atoms with Crippen LogP contribution in [-0.2, 0) is 0 Å². The Morgan fingerprint density at radius 1 is 1.03 bits per heavy atom. The summed E-state index contributed by atoms with van der Waals surface area (Å²) < 4.78 is 16.3. The Labute approximate surface area is 182 Å². The van der Waals surface area contributed by atoms with Gasteiger partial charge in [-0.15, -0.1) is 0 Å². The van der Waals surface area contributed by atoms with Gasteiger partial charge in [0.2, 0.25) is 0 Å². The van der Waals surface area contributed by atoms with Crippen molar-refractivity contribution in [1.82, 2.24) is 10.3 Å². The Morgan fingerprint density at radius 2 is 1.71 bits per heavy atom. The number of anilines is 1. The summed E-state index contributed by atoms with van der Waals surface area (Å²) >= 11 is 0. The summed E-state index contributed by atoms with van der Waals surface area (Å²) in [6, 6.07) is 14.4. The molecule has 0 aliphatic carbocycles. The van der Waals surface area contributed by atoms with E-state index in [0.29, 0.717) is 22.8 Å². The standard InChI is InChI=1S/C24H26N4O3/c1-15-20(13-25)18-11-22(30-3)23(31-4)12-19(18)24(27-15)28-10-9-26-21(14-28)16-5-7-17(29-2)8-6-16/h5-8,11-12,21,26H,9-10,14H2,1-4H3. The van der Waals surface area contributed by atoms with E-state index < -0.39 is 0 Å². The number of fused-ring (bicyclic) bond motifs is 1.